The monoisotopic (exact) mass is 279 g/mol. The fourth-order valence-corrected chi connectivity index (χ4v) is 2.11. The van der Waals surface area contributed by atoms with E-state index < -0.39 is 11.5 Å². The van der Waals surface area contributed by atoms with Crippen LogP contribution in [0.5, 0.6) is 0 Å². The number of nitrogens with one attached hydrogen (secondary N) is 1. The number of benzene rings is 1. The summed E-state index contributed by atoms with van der Waals surface area (Å²) in [5.74, 6) is -0.919. The zero-order valence-electron chi connectivity index (χ0n) is 11.7. The van der Waals surface area contributed by atoms with Gasteiger partial charge in [-0.2, -0.15) is 0 Å². The molecule has 5 heteroatoms. The van der Waals surface area contributed by atoms with E-state index >= 15 is 0 Å². The molecular formula is C15H21NO4. The van der Waals surface area contributed by atoms with Crippen LogP contribution >= 0.6 is 0 Å². The van der Waals surface area contributed by atoms with E-state index in [2.05, 4.69) is 5.32 Å². The maximum atomic E-state index is 11.9. The Balaban J connectivity index is 2.20. The van der Waals surface area contributed by atoms with Crippen LogP contribution in [0.3, 0.4) is 0 Å². The normalized spacial score (nSPS) is 18.2. The summed E-state index contributed by atoms with van der Waals surface area (Å²) in [5.41, 5.74) is -0.492. The molecule has 1 unspecified atom stereocenters. The van der Waals surface area contributed by atoms with Gasteiger partial charge in [0.05, 0.1) is 19.8 Å². The lowest BCUT2D eigenvalue weighted by atomic mass is 9.90. The molecule has 0 aromatic heterocycles. The molecule has 0 spiro atoms. The fourth-order valence-electron chi connectivity index (χ4n) is 2.11. The number of rotatable bonds is 8. The van der Waals surface area contributed by atoms with Crippen molar-refractivity contribution in [1.82, 2.24) is 5.32 Å². The molecule has 1 aliphatic rings. The van der Waals surface area contributed by atoms with Gasteiger partial charge in [0.25, 0.3) is 0 Å². The molecule has 1 heterocycles. The van der Waals surface area contributed by atoms with Crippen LogP contribution in [-0.4, -0.2) is 43.5 Å². The highest BCUT2D eigenvalue weighted by Crippen LogP contribution is 2.24. The summed E-state index contributed by atoms with van der Waals surface area (Å²) < 4.78 is 10.7. The third-order valence-corrected chi connectivity index (χ3v) is 3.45. The second-order valence-electron chi connectivity index (χ2n) is 4.97. The van der Waals surface area contributed by atoms with Crippen LogP contribution in [0.4, 0.5) is 0 Å². The quantitative estimate of drug-likeness (QED) is 0.752. The molecule has 1 fully saturated rings. The third kappa shape index (κ3) is 3.17. The summed E-state index contributed by atoms with van der Waals surface area (Å²) in [6.07, 6.45) is 0.856. The molecule has 0 amide bonds. The standard InChI is InChI=1S/C15H21NO4/c1-2-8-16-15(14(17)18,11-20-13-9-19-10-13)12-6-4-3-5-7-12/h3-7,13,16H,2,8-11H2,1H3,(H,17,18). The number of carbonyl (C=O) groups is 1. The Morgan fingerprint density at radius 2 is 2.15 bits per heavy atom. The van der Waals surface area contributed by atoms with Gasteiger partial charge in [-0.3, -0.25) is 5.32 Å². The molecule has 0 saturated carbocycles. The molecule has 1 aliphatic heterocycles. The number of ether oxygens (including phenoxy) is 2. The summed E-state index contributed by atoms with van der Waals surface area (Å²) >= 11 is 0. The molecule has 5 nitrogen and oxygen atoms in total. The summed E-state index contributed by atoms with van der Waals surface area (Å²) in [7, 11) is 0. The average molecular weight is 279 g/mol. The minimum absolute atomic E-state index is 0.000800. The number of carboxylic acid groups (broad SMARTS) is 1. The molecule has 1 atom stereocenters. The van der Waals surface area contributed by atoms with Crippen molar-refractivity contribution in [2.45, 2.75) is 25.0 Å². The maximum absolute atomic E-state index is 11.9. The van der Waals surface area contributed by atoms with Gasteiger partial charge in [-0.05, 0) is 18.5 Å². The lowest BCUT2D eigenvalue weighted by Gasteiger charge is -2.34. The Hall–Kier alpha value is -1.43. The number of hydrogen-bond acceptors (Lipinski definition) is 4. The first-order chi connectivity index (χ1) is 9.69. The molecule has 1 aromatic carbocycles. The molecular weight excluding hydrogens is 258 g/mol. The van der Waals surface area contributed by atoms with Gasteiger partial charge in [0.15, 0.2) is 5.54 Å². The Morgan fingerprint density at radius 3 is 2.65 bits per heavy atom. The predicted molar refractivity (Wildman–Crippen MR) is 74.6 cm³/mol. The van der Waals surface area contributed by atoms with E-state index in [0.717, 1.165) is 6.42 Å². The van der Waals surface area contributed by atoms with E-state index in [4.69, 9.17) is 9.47 Å². The van der Waals surface area contributed by atoms with E-state index in [1.807, 2.05) is 37.3 Å². The van der Waals surface area contributed by atoms with Gasteiger partial charge < -0.3 is 14.6 Å². The zero-order chi connectivity index (χ0) is 14.4. The van der Waals surface area contributed by atoms with Gasteiger partial charge in [0.1, 0.15) is 6.10 Å². The number of carboxylic acids is 1. The highest BCUT2D eigenvalue weighted by atomic mass is 16.6. The molecule has 1 aromatic rings. The van der Waals surface area contributed by atoms with Crippen molar-refractivity contribution in [2.24, 2.45) is 0 Å². The topological polar surface area (TPSA) is 67.8 Å². The second kappa shape index (κ2) is 6.83. The first kappa shape index (κ1) is 15.0. The first-order valence-corrected chi connectivity index (χ1v) is 6.92. The third-order valence-electron chi connectivity index (χ3n) is 3.45. The van der Waals surface area contributed by atoms with Gasteiger partial charge >= 0.3 is 5.97 Å². The van der Waals surface area contributed by atoms with Crippen LogP contribution in [0.1, 0.15) is 18.9 Å². The van der Waals surface area contributed by atoms with Gasteiger partial charge in [0.2, 0.25) is 0 Å². The van der Waals surface area contributed by atoms with Crippen LogP contribution in [0.2, 0.25) is 0 Å². The van der Waals surface area contributed by atoms with Crippen molar-refractivity contribution >= 4 is 5.97 Å². The SMILES string of the molecule is CCCNC(COC1COC1)(C(=O)O)c1ccccc1. The number of hydrogen-bond donors (Lipinski definition) is 2. The zero-order valence-corrected chi connectivity index (χ0v) is 11.7. The largest absolute Gasteiger partial charge is 0.480 e. The van der Waals surface area contributed by atoms with Crippen LogP contribution in [0.25, 0.3) is 0 Å². The fraction of sp³-hybridized carbons (Fsp3) is 0.533. The van der Waals surface area contributed by atoms with Crippen molar-refractivity contribution < 1.29 is 19.4 Å². The molecule has 2 N–H and O–H groups in total. The van der Waals surface area contributed by atoms with E-state index in [0.29, 0.717) is 25.3 Å². The smallest absolute Gasteiger partial charge is 0.331 e. The highest BCUT2D eigenvalue weighted by Gasteiger charge is 2.41. The van der Waals surface area contributed by atoms with Crippen LogP contribution in [0, 0.1) is 0 Å². The second-order valence-corrected chi connectivity index (χ2v) is 4.97. The van der Waals surface area contributed by atoms with Crippen molar-refractivity contribution in [3.63, 3.8) is 0 Å². The van der Waals surface area contributed by atoms with E-state index in [-0.39, 0.29) is 12.7 Å². The van der Waals surface area contributed by atoms with E-state index in [9.17, 15) is 9.90 Å². The van der Waals surface area contributed by atoms with E-state index in [1.165, 1.54) is 0 Å². The molecule has 0 aliphatic carbocycles. The van der Waals surface area contributed by atoms with Crippen LogP contribution < -0.4 is 5.32 Å². The minimum atomic E-state index is -1.20. The van der Waals surface area contributed by atoms with Gasteiger partial charge in [-0.25, -0.2) is 4.79 Å². The first-order valence-electron chi connectivity index (χ1n) is 6.92. The lowest BCUT2D eigenvalue weighted by Crippen LogP contribution is -2.54. The molecule has 20 heavy (non-hydrogen) atoms. The average Bonchev–Trinajstić information content (AvgIpc) is 2.41. The van der Waals surface area contributed by atoms with Gasteiger partial charge in [0, 0.05) is 0 Å². The summed E-state index contributed by atoms with van der Waals surface area (Å²) in [6, 6.07) is 9.19. The van der Waals surface area contributed by atoms with Crippen molar-refractivity contribution in [3.05, 3.63) is 35.9 Å². The van der Waals surface area contributed by atoms with Gasteiger partial charge in [-0.1, -0.05) is 37.3 Å². The number of aliphatic carboxylic acids is 1. The van der Waals surface area contributed by atoms with Crippen molar-refractivity contribution in [2.75, 3.05) is 26.4 Å². The van der Waals surface area contributed by atoms with E-state index in [1.54, 1.807) is 0 Å². The predicted octanol–water partition coefficient (Wildman–Crippen LogP) is 1.38. The highest BCUT2D eigenvalue weighted by molar-refractivity contribution is 5.81. The Bertz CT molecular complexity index is 433. The molecule has 1 saturated heterocycles. The Morgan fingerprint density at radius 1 is 1.45 bits per heavy atom. The molecule has 0 bridgehead atoms. The Kier molecular flexibility index (Phi) is 5.11. The van der Waals surface area contributed by atoms with Crippen LogP contribution in [-0.2, 0) is 19.8 Å². The summed E-state index contributed by atoms with van der Waals surface area (Å²) in [5, 5.41) is 12.9. The molecule has 0 radical (unpaired) electrons. The lowest BCUT2D eigenvalue weighted by molar-refractivity contribution is -0.163. The van der Waals surface area contributed by atoms with Crippen LogP contribution in [0.15, 0.2) is 30.3 Å². The Labute approximate surface area is 118 Å². The summed E-state index contributed by atoms with van der Waals surface area (Å²) in [4.78, 5) is 11.9. The molecule has 2 rings (SSSR count). The molecule has 110 valence electrons. The van der Waals surface area contributed by atoms with Crippen molar-refractivity contribution in [1.29, 1.82) is 0 Å². The van der Waals surface area contributed by atoms with Crippen molar-refractivity contribution in [3.8, 4) is 0 Å². The minimum Gasteiger partial charge on any atom is -0.480 e. The summed E-state index contributed by atoms with van der Waals surface area (Å²) in [6.45, 7) is 3.80. The van der Waals surface area contributed by atoms with Gasteiger partial charge in [-0.15, -0.1) is 0 Å². The maximum Gasteiger partial charge on any atom is 0.331 e.